The number of aryl methyl sites for hydroxylation is 1. The van der Waals surface area contributed by atoms with Gasteiger partial charge in [-0.2, -0.15) is 0 Å². The molecule has 0 unspecified atom stereocenters. The highest BCUT2D eigenvalue weighted by atomic mass is 16.5. The van der Waals surface area contributed by atoms with Gasteiger partial charge in [-0.15, -0.1) is 0 Å². The molecule has 1 aliphatic rings. The van der Waals surface area contributed by atoms with Crippen molar-refractivity contribution < 1.29 is 38.4 Å². The van der Waals surface area contributed by atoms with Crippen LogP contribution in [0.15, 0.2) is 17.7 Å². The summed E-state index contributed by atoms with van der Waals surface area (Å²) in [4.78, 5) is 45.4. The molecule has 1 aliphatic heterocycles. The number of methoxy groups -OCH3 is 3. The fraction of sp³-hybridized carbons (Fsp3) is 0.444. The number of aromatic nitrogens is 1. The van der Waals surface area contributed by atoms with Gasteiger partial charge in [0.15, 0.2) is 11.5 Å². The third-order valence-corrected chi connectivity index (χ3v) is 6.48. The van der Waals surface area contributed by atoms with E-state index in [1.165, 1.54) is 26.2 Å². The summed E-state index contributed by atoms with van der Waals surface area (Å²) in [5.41, 5.74) is 1.65. The number of nitrogens with zero attached hydrogens (tertiary/aromatic N) is 2. The minimum atomic E-state index is -0.955. The van der Waals surface area contributed by atoms with E-state index in [1.807, 2.05) is 19.0 Å². The number of hydrogen-bond donors (Lipinski definition) is 2. The van der Waals surface area contributed by atoms with Crippen LogP contribution < -0.4 is 14.2 Å². The Bertz CT molecular complexity index is 1250. The number of rotatable bonds is 10. The average molecular weight is 530 g/mol. The van der Waals surface area contributed by atoms with E-state index >= 15 is 0 Å². The van der Waals surface area contributed by atoms with E-state index in [4.69, 9.17) is 18.9 Å². The zero-order valence-corrected chi connectivity index (χ0v) is 23.1. The molecule has 11 nitrogen and oxygen atoms in total. The molecular formula is C27H35N3O8. The maximum Gasteiger partial charge on any atom is 0.355 e. The Morgan fingerprint density at radius 2 is 1.68 bits per heavy atom. The summed E-state index contributed by atoms with van der Waals surface area (Å²) in [5, 5.41) is 11.6. The molecule has 11 heteroatoms. The number of Topliss-reactive ketones (excluding diaryl/α,β-unsaturated/α-hetero) is 1. The number of hydrogen-bond acceptors (Lipinski definition) is 9. The van der Waals surface area contributed by atoms with Gasteiger partial charge in [0.25, 0.3) is 11.7 Å². The van der Waals surface area contributed by atoms with Gasteiger partial charge in [0, 0.05) is 24.3 Å². The van der Waals surface area contributed by atoms with Crippen molar-refractivity contribution in [2.45, 2.75) is 26.8 Å². The number of likely N-dealkylation sites (tertiary alicyclic amines) is 1. The molecule has 1 atom stereocenters. The van der Waals surface area contributed by atoms with Gasteiger partial charge in [-0.05, 0) is 58.1 Å². The highest BCUT2D eigenvalue weighted by Crippen LogP contribution is 2.46. The quantitative estimate of drug-likeness (QED) is 0.206. The van der Waals surface area contributed by atoms with Crippen molar-refractivity contribution in [1.82, 2.24) is 14.8 Å². The van der Waals surface area contributed by atoms with Crippen molar-refractivity contribution in [3.05, 3.63) is 45.8 Å². The zero-order chi connectivity index (χ0) is 28.3. The Balaban J connectivity index is 2.30. The molecule has 1 amide bonds. The van der Waals surface area contributed by atoms with E-state index in [1.54, 1.807) is 32.9 Å². The molecule has 1 aromatic heterocycles. The van der Waals surface area contributed by atoms with Crippen LogP contribution in [0.25, 0.3) is 5.76 Å². The number of benzene rings is 1. The number of H-pyrrole nitrogens is 1. The van der Waals surface area contributed by atoms with Crippen molar-refractivity contribution >= 4 is 23.4 Å². The summed E-state index contributed by atoms with van der Waals surface area (Å²) < 4.78 is 21.5. The lowest BCUT2D eigenvalue weighted by Gasteiger charge is -2.27. The molecule has 1 saturated heterocycles. The number of esters is 1. The highest BCUT2D eigenvalue weighted by Gasteiger charge is 2.47. The van der Waals surface area contributed by atoms with Gasteiger partial charge in [0.2, 0.25) is 5.75 Å². The minimum Gasteiger partial charge on any atom is -0.507 e. The first-order chi connectivity index (χ1) is 18.0. The maximum absolute atomic E-state index is 13.4. The summed E-state index contributed by atoms with van der Waals surface area (Å²) in [5.74, 6) is -1.55. The van der Waals surface area contributed by atoms with Crippen LogP contribution in [0.5, 0.6) is 17.2 Å². The molecule has 3 rings (SSSR count). The second-order valence-electron chi connectivity index (χ2n) is 9.10. The van der Waals surface area contributed by atoms with Crippen LogP contribution in [-0.4, -0.2) is 92.7 Å². The summed E-state index contributed by atoms with van der Waals surface area (Å²) in [6, 6.07) is 2.34. The van der Waals surface area contributed by atoms with Gasteiger partial charge >= 0.3 is 5.97 Å². The van der Waals surface area contributed by atoms with Crippen LogP contribution in [-0.2, 0) is 14.3 Å². The molecular weight excluding hydrogens is 494 g/mol. The Labute approximate surface area is 221 Å². The first-order valence-electron chi connectivity index (χ1n) is 12.1. The van der Waals surface area contributed by atoms with Crippen molar-refractivity contribution in [2.75, 3.05) is 55.1 Å². The van der Waals surface area contributed by atoms with E-state index in [9.17, 15) is 19.5 Å². The van der Waals surface area contributed by atoms with Crippen molar-refractivity contribution in [3.8, 4) is 17.2 Å². The molecule has 206 valence electrons. The highest BCUT2D eigenvalue weighted by molar-refractivity contribution is 6.46. The first kappa shape index (κ1) is 28.6. The molecule has 2 N–H and O–H groups in total. The average Bonchev–Trinajstić information content (AvgIpc) is 3.33. The van der Waals surface area contributed by atoms with Gasteiger partial charge in [-0.25, -0.2) is 4.79 Å². The molecule has 0 saturated carbocycles. The first-order valence-corrected chi connectivity index (χ1v) is 12.1. The number of carbonyl (C=O) groups is 3. The van der Waals surface area contributed by atoms with Crippen LogP contribution in [0.1, 0.15) is 45.8 Å². The van der Waals surface area contributed by atoms with Crippen molar-refractivity contribution in [1.29, 1.82) is 0 Å². The SMILES string of the molecule is CCOC(=O)c1[nH]c(C)c(C(O)=C2C(=O)C(=O)N(CCN(C)C)[C@@H]2c2cc(OC)c(OC)c(OC)c2)c1C. The van der Waals surface area contributed by atoms with E-state index < -0.39 is 29.5 Å². The smallest absolute Gasteiger partial charge is 0.355 e. The Morgan fingerprint density at radius 1 is 1.08 bits per heavy atom. The van der Waals surface area contributed by atoms with Gasteiger partial charge in [0.05, 0.1) is 39.6 Å². The van der Waals surface area contributed by atoms with Gasteiger partial charge in [0.1, 0.15) is 11.5 Å². The predicted molar refractivity (Wildman–Crippen MR) is 140 cm³/mol. The number of nitrogens with one attached hydrogen (secondary N) is 1. The fourth-order valence-electron chi connectivity index (χ4n) is 4.67. The Morgan fingerprint density at radius 3 is 2.18 bits per heavy atom. The monoisotopic (exact) mass is 529 g/mol. The van der Waals surface area contributed by atoms with E-state index in [0.29, 0.717) is 40.6 Å². The van der Waals surface area contributed by atoms with Crippen LogP contribution in [0.4, 0.5) is 0 Å². The summed E-state index contributed by atoms with van der Waals surface area (Å²) >= 11 is 0. The van der Waals surface area contributed by atoms with Gasteiger partial charge in [-0.1, -0.05) is 0 Å². The molecule has 2 aromatic rings. The van der Waals surface area contributed by atoms with Crippen LogP contribution in [0.3, 0.4) is 0 Å². The predicted octanol–water partition coefficient (Wildman–Crippen LogP) is 2.82. The van der Waals surface area contributed by atoms with Crippen LogP contribution in [0.2, 0.25) is 0 Å². The van der Waals surface area contributed by atoms with Gasteiger partial charge in [-0.3, -0.25) is 9.59 Å². The van der Waals surface area contributed by atoms with Crippen LogP contribution in [0, 0.1) is 13.8 Å². The van der Waals surface area contributed by atoms with Gasteiger partial charge < -0.3 is 38.8 Å². The molecule has 1 aromatic carbocycles. The third-order valence-electron chi connectivity index (χ3n) is 6.48. The lowest BCUT2D eigenvalue weighted by molar-refractivity contribution is -0.140. The summed E-state index contributed by atoms with van der Waals surface area (Å²) in [7, 11) is 8.12. The molecule has 0 radical (unpaired) electrons. The number of carbonyl (C=O) groups excluding carboxylic acids is 3. The molecule has 2 heterocycles. The molecule has 1 fully saturated rings. The van der Waals surface area contributed by atoms with Crippen molar-refractivity contribution in [3.63, 3.8) is 0 Å². The lowest BCUT2D eigenvalue weighted by atomic mass is 9.93. The zero-order valence-electron chi connectivity index (χ0n) is 23.1. The fourth-order valence-corrected chi connectivity index (χ4v) is 4.67. The number of aliphatic hydroxyl groups excluding tert-OH is 1. The largest absolute Gasteiger partial charge is 0.507 e. The molecule has 0 spiro atoms. The minimum absolute atomic E-state index is 0.108. The van der Waals surface area contributed by atoms with E-state index in [-0.39, 0.29) is 30.0 Å². The van der Waals surface area contributed by atoms with E-state index in [0.717, 1.165) is 0 Å². The summed E-state index contributed by atoms with van der Waals surface area (Å²) in [6.07, 6.45) is 0. The van der Waals surface area contributed by atoms with Crippen LogP contribution >= 0.6 is 0 Å². The lowest BCUT2D eigenvalue weighted by Crippen LogP contribution is -2.35. The second kappa shape index (κ2) is 11.6. The van der Waals surface area contributed by atoms with Crippen molar-refractivity contribution in [2.24, 2.45) is 0 Å². The number of ketones is 1. The summed E-state index contributed by atoms with van der Waals surface area (Å²) in [6.45, 7) is 5.87. The number of likely N-dealkylation sites (N-methyl/N-ethyl adjacent to an activating group) is 1. The normalized spacial score (nSPS) is 16.8. The number of ether oxygens (including phenoxy) is 4. The third kappa shape index (κ3) is 5.06. The van der Waals surface area contributed by atoms with E-state index in [2.05, 4.69) is 4.98 Å². The second-order valence-corrected chi connectivity index (χ2v) is 9.10. The maximum atomic E-state index is 13.4. The number of amides is 1. The molecule has 0 bridgehead atoms. The molecule has 38 heavy (non-hydrogen) atoms. The standard InChI is InChI=1S/C27H35N3O8/c1-9-38-27(34)21-14(2)19(15(3)28-21)23(31)20-22(30(11-10-29(4)5)26(33)24(20)32)16-12-17(35-6)25(37-8)18(13-16)36-7/h12-13,22,28,31H,9-11H2,1-8H3/t22-/m1/s1. The Hall–Kier alpha value is -3.99. The number of aromatic amines is 1. The number of aliphatic hydroxyl groups is 1. The topological polar surface area (TPSA) is 131 Å². The Kier molecular flexibility index (Phi) is 8.72. The molecule has 0 aliphatic carbocycles.